The topological polar surface area (TPSA) is 49.3 Å². The molecule has 0 bridgehead atoms. The summed E-state index contributed by atoms with van der Waals surface area (Å²) in [5, 5.41) is 13.6. The summed E-state index contributed by atoms with van der Waals surface area (Å²) >= 11 is 0. The quantitative estimate of drug-likeness (QED) is 0.108. The van der Waals surface area contributed by atoms with Crippen LogP contribution in [0.2, 0.25) is 0 Å². The van der Waals surface area contributed by atoms with Gasteiger partial charge in [0.15, 0.2) is 0 Å². The number of hydrogen-bond acceptors (Lipinski definition) is 2. The molecule has 0 aliphatic rings. The molecular formula is C31H49NO2. The van der Waals surface area contributed by atoms with Gasteiger partial charge in [0.25, 0.3) is 0 Å². The van der Waals surface area contributed by atoms with Gasteiger partial charge < -0.3 is 10.4 Å². The number of rotatable bonds is 20. The van der Waals surface area contributed by atoms with E-state index in [1.165, 1.54) is 18.9 Å². The Bertz CT molecular complexity index is 684. The van der Waals surface area contributed by atoms with Gasteiger partial charge >= 0.3 is 0 Å². The van der Waals surface area contributed by atoms with Crippen molar-refractivity contribution in [3.63, 3.8) is 0 Å². The molecule has 0 heterocycles. The Kier molecular flexibility index (Phi) is 22.1. The number of hydrogen-bond donors (Lipinski definition) is 2. The standard InChI is InChI=1S/C31H49NO2/c1-4-7-10-11-12-13-14-15-16-17-18-19-20-21-22-23-24-25-26-30(33)32-29-31(34,27-8-5-2)28-9-6-3/h11-18,21-26,34H,4-10,19-20,27-29H2,1-3H3,(H,32,33). The zero-order valence-corrected chi connectivity index (χ0v) is 21.9. The number of carbonyl (C=O) groups is 1. The maximum Gasteiger partial charge on any atom is 0.244 e. The summed E-state index contributed by atoms with van der Waals surface area (Å²) in [4.78, 5) is 12.0. The molecule has 2 N–H and O–H groups in total. The largest absolute Gasteiger partial charge is 0.388 e. The van der Waals surface area contributed by atoms with Gasteiger partial charge in [-0.3, -0.25) is 4.79 Å². The van der Waals surface area contributed by atoms with E-state index in [2.05, 4.69) is 62.5 Å². The maximum atomic E-state index is 12.0. The molecule has 0 aliphatic carbocycles. The van der Waals surface area contributed by atoms with Crippen LogP contribution in [0.5, 0.6) is 0 Å². The normalized spacial score (nSPS) is 13.4. The molecule has 34 heavy (non-hydrogen) atoms. The Labute approximate surface area is 209 Å². The fourth-order valence-corrected chi connectivity index (χ4v) is 3.19. The zero-order chi connectivity index (χ0) is 25.2. The molecule has 0 saturated heterocycles. The predicted molar refractivity (Wildman–Crippen MR) is 150 cm³/mol. The Morgan fingerprint density at radius 1 is 0.647 bits per heavy atom. The van der Waals surface area contributed by atoms with Crippen LogP contribution in [-0.2, 0) is 4.79 Å². The lowest BCUT2D eigenvalue weighted by molar-refractivity contribution is -0.118. The smallest absolute Gasteiger partial charge is 0.244 e. The van der Waals surface area contributed by atoms with Gasteiger partial charge in [0.2, 0.25) is 5.91 Å². The molecule has 3 heteroatoms. The number of unbranched alkanes of at least 4 members (excludes halogenated alkanes) is 5. The third-order valence-electron chi connectivity index (χ3n) is 5.35. The van der Waals surface area contributed by atoms with Crippen molar-refractivity contribution in [2.45, 2.75) is 97.0 Å². The van der Waals surface area contributed by atoms with Gasteiger partial charge in [0.1, 0.15) is 0 Å². The predicted octanol–water partition coefficient (Wildman–Crippen LogP) is 8.08. The van der Waals surface area contributed by atoms with Crippen LogP contribution in [0.1, 0.15) is 91.4 Å². The Morgan fingerprint density at radius 2 is 1.09 bits per heavy atom. The minimum atomic E-state index is -0.791. The molecule has 0 unspecified atom stereocenters. The van der Waals surface area contributed by atoms with Gasteiger partial charge in [-0.05, 0) is 32.1 Å². The molecule has 0 aliphatic heterocycles. The summed E-state index contributed by atoms with van der Waals surface area (Å²) in [5.41, 5.74) is -0.791. The first-order valence-corrected chi connectivity index (χ1v) is 13.2. The first-order valence-electron chi connectivity index (χ1n) is 13.2. The minimum Gasteiger partial charge on any atom is -0.388 e. The summed E-state index contributed by atoms with van der Waals surface area (Å²) in [6, 6.07) is 0. The zero-order valence-electron chi connectivity index (χ0n) is 21.9. The van der Waals surface area contributed by atoms with E-state index in [-0.39, 0.29) is 5.91 Å². The highest BCUT2D eigenvalue weighted by atomic mass is 16.3. The van der Waals surface area contributed by atoms with Crippen molar-refractivity contribution >= 4 is 5.91 Å². The summed E-state index contributed by atoms with van der Waals surface area (Å²) in [6.07, 6.45) is 39.0. The van der Waals surface area contributed by atoms with Crippen LogP contribution in [0, 0.1) is 0 Å². The van der Waals surface area contributed by atoms with Crippen molar-refractivity contribution in [1.29, 1.82) is 0 Å². The monoisotopic (exact) mass is 467 g/mol. The summed E-state index contributed by atoms with van der Waals surface area (Å²) in [5.74, 6) is -0.166. The van der Waals surface area contributed by atoms with E-state index in [0.717, 1.165) is 57.8 Å². The fourth-order valence-electron chi connectivity index (χ4n) is 3.19. The molecule has 0 aromatic carbocycles. The van der Waals surface area contributed by atoms with Gasteiger partial charge in [-0.1, -0.05) is 138 Å². The fraction of sp³-hybridized carbons (Fsp3) is 0.516. The molecule has 0 rings (SSSR count). The van der Waals surface area contributed by atoms with Crippen molar-refractivity contribution < 1.29 is 9.90 Å². The molecule has 0 aromatic heterocycles. The Morgan fingerprint density at radius 3 is 1.59 bits per heavy atom. The highest BCUT2D eigenvalue weighted by Crippen LogP contribution is 2.20. The molecule has 3 nitrogen and oxygen atoms in total. The lowest BCUT2D eigenvalue weighted by atomic mass is 9.91. The van der Waals surface area contributed by atoms with E-state index >= 15 is 0 Å². The highest BCUT2D eigenvalue weighted by molar-refractivity contribution is 5.87. The lowest BCUT2D eigenvalue weighted by Gasteiger charge is -2.28. The van der Waals surface area contributed by atoms with Gasteiger partial charge in [-0.2, -0.15) is 0 Å². The highest BCUT2D eigenvalue weighted by Gasteiger charge is 2.25. The number of amides is 1. The van der Waals surface area contributed by atoms with Crippen LogP contribution < -0.4 is 5.32 Å². The van der Waals surface area contributed by atoms with Gasteiger partial charge in [-0.25, -0.2) is 0 Å². The Balaban J connectivity index is 4.06. The molecule has 0 radical (unpaired) electrons. The minimum absolute atomic E-state index is 0.166. The summed E-state index contributed by atoms with van der Waals surface area (Å²) in [6.45, 7) is 6.75. The SMILES string of the molecule is CCCCC=CC=CC=CC=CCCC=CC=CC=CC(=O)NCC(O)(CCCC)CCCC. The Hall–Kier alpha value is -2.39. The molecular weight excluding hydrogens is 418 g/mol. The summed E-state index contributed by atoms with van der Waals surface area (Å²) < 4.78 is 0. The second kappa shape index (κ2) is 23.8. The molecule has 0 aromatic rings. The van der Waals surface area contributed by atoms with Crippen molar-refractivity contribution in [3.05, 3.63) is 85.1 Å². The van der Waals surface area contributed by atoms with Crippen LogP contribution in [-0.4, -0.2) is 23.2 Å². The average molecular weight is 468 g/mol. The van der Waals surface area contributed by atoms with E-state index in [4.69, 9.17) is 0 Å². The molecule has 190 valence electrons. The summed E-state index contributed by atoms with van der Waals surface area (Å²) in [7, 11) is 0. The van der Waals surface area contributed by atoms with E-state index in [0.29, 0.717) is 6.54 Å². The third kappa shape index (κ3) is 21.5. The van der Waals surface area contributed by atoms with Gasteiger partial charge in [0.05, 0.1) is 5.60 Å². The van der Waals surface area contributed by atoms with E-state index in [9.17, 15) is 9.90 Å². The number of allylic oxidation sites excluding steroid dienone is 13. The van der Waals surface area contributed by atoms with E-state index in [1.807, 2.05) is 36.5 Å². The third-order valence-corrected chi connectivity index (χ3v) is 5.35. The second-order valence-corrected chi connectivity index (χ2v) is 8.67. The van der Waals surface area contributed by atoms with Crippen LogP contribution in [0.15, 0.2) is 85.1 Å². The molecule has 1 amide bonds. The number of aliphatic hydroxyl groups is 1. The molecule has 0 spiro atoms. The molecule has 0 fully saturated rings. The van der Waals surface area contributed by atoms with Crippen molar-refractivity contribution in [2.24, 2.45) is 0 Å². The van der Waals surface area contributed by atoms with E-state index in [1.54, 1.807) is 6.08 Å². The van der Waals surface area contributed by atoms with E-state index < -0.39 is 5.60 Å². The van der Waals surface area contributed by atoms with Gasteiger partial charge in [-0.15, -0.1) is 0 Å². The van der Waals surface area contributed by atoms with Crippen molar-refractivity contribution in [3.8, 4) is 0 Å². The van der Waals surface area contributed by atoms with Crippen molar-refractivity contribution in [2.75, 3.05) is 6.54 Å². The van der Waals surface area contributed by atoms with Crippen molar-refractivity contribution in [1.82, 2.24) is 5.32 Å². The van der Waals surface area contributed by atoms with Gasteiger partial charge in [0, 0.05) is 12.6 Å². The van der Waals surface area contributed by atoms with Crippen LogP contribution >= 0.6 is 0 Å². The van der Waals surface area contributed by atoms with Crippen LogP contribution in [0.25, 0.3) is 0 Å². The number of carbonyl (C=O) groups excluding carboxylic acids is 1. The molecule has 0 saturated carbocycles. The van der Waals surface area contributed by atoms with Crippen LogP contribution in [0.4, 0.5) is 0 Å². The number of nitrogens with one attached hydrogen (secondary N) is 1. The maximum absolute atomic E-state index is 12.0. The average Bonchev–Trinajstić information content (AvgIpc) is 2.84. The molecule has 0 atom stereocenters. The first kappa shape index (κ1) is 31.6. The lowest BCUT2D eigenvalue weighted by Crippen LogP contribution is -2.42. The van der Waals surface area contributed by atoms with Crippen LogP contribution in [0.3, 0.4) is 0 Å². The second-order valence-electron chi connectivity index (χ2n) is 8.67. The first-order chi connectivity index (χ1) is 16.6.